The van der Waals surface area contributed by atoms with Crippen molar-refractivity contribution < 1.29 is 17.6 Å². The van der Waals surface area contributed by atoms with Gasteiger partial charge in [-0.05, 0) is 54.8 Å². The van der Waals surface area contributed by atoms with E-state index in [0.29, 0.717) is 5.69 Å². The molecule has 1 amide bonds. The van der Waals surface area contributed by atoms with Crippen molar-refractivity contribution in [1.82, 2.24) is 0 Å². The van der Waals surface area contributed by atoms with Crippen LogP contribution >= 0.6 is 0 Å². The molecule has 4 aromatic rings. The molecule has 0 unspecified atom stereocenters. The number of aryl methyl sites for hydroxylation is 1. The molecule has 0 aliphatic rings. The van der Waals surface area contributed by atoms with Crippen LogP contribution in [0.2, 0.25) is 0 Å². The van der Waals surface area contributed by atoms with Crippen LogP contribution in [0.5, 0.6) is 0 Å². The number of rotatable bonds is 6. The molecule has 0 fully saturated rings. The Bertz CT molecular complexity index is 1360. The second kappa shape index (κ2) is 8.80. The standard InChI is InChI=1S/C25H21FN2O3S/c1-18-9-15-22(16-10-18)32(30,31)28(21-13-11-20(26)12-14-21)17-25(29)27-24-8-4-6-19-5-2-3-7-23(19)24/h2-16H,17H2,1H3,(H,27,29). The third-order valence-corrected chi connectivity index (χ3v) is 6.86. The van der Waals surface area contributed by atoms with Gasteiger partial charge in [-0.15, -0.1) is 0 Å². The van der Waals surface area contributed by atoms with E-state index in [1.165, 1.54) is 24.3 Å². The van der Waals surface area contributed by atoms with Gasteiger partial charge in [0.1, 0.15) is 12.4 Å². The zero-order valence-electron chi connectivity index (χ0n) is 17.3. The van der Waals surface area contributed by atoms with Gasteiger partial charge in [0.2, 0.25) is 5.91 Å². The zero-order chi connectivity index (χ0) is 22.7. The summed E-state index contributed by atoms with van der Waals surface area (Å²) in [4.78, 5) is 13.0. The van der Waals surface area contributed by atoms with Crippen LogP contribution in [-0.2, 0) is 14.8 Å². The van der Waals surface area contributed by atoms with E-state index >= 15 is 0 Å². The first-order valence-electron chi connectivity index (χ1n) is 9.97. The summed E-state index contributed by atoms with van der Waals surface area (Å²) in [6, 6.07) is 24.4. The first kappa shape index (κ1) is 21.5. The molecule has 7 heteroatoms. The lowest BCUT2D eigenvalue weighted by Crippen LogP contribution is -2.38. The Balaban J connectivity index is 1.68. The molecule has 0 heterocycles. The lowest BCUT2D eigenvalue weighted by molar-refractivity contribution is -0.114. The molecule has 5 nitrogen and oxygen atoms in total. The van der Waals surface area contributed by atoms with Gasteiger partial charge in [-0.3, -0.25) is 9.10 Å². The Labute approximate surface area is 186 Å². The Morgan fingerprint density at radius 2 is 1.53 bits per heavy atom. The summed E-state index contributed by atoms with van der Waals surface area (Å²) in [6.07, 6.45) is 0. The number of sulfonamides is 1. The number of nitrogens with zero attached hydrogens (tertiary/aromatic N) is 1. The average Bonchev–Trinajstić information content (AvgIpc) is 2.79. The van der Waals surface area contributed by atoms with E-state index < -0.39 is 28.3 Å². The summed E-state index contributed by atoms with van der Waals surface area (Å²) in [5.41, 5.74) is 1.69. The van der Waals surface area contributed by atoms with E-state index in [1.54, 1.807) is 18.2 Å². The second-order valence-electron chi connectivity index (χ2n) is 7.38. The first-order chi connectivity index (χ1) is 15.3. The zero-order valence-corrected chi connectivity index (χ0v) is 18.1. The van der Waals surface area contributed by atoms with Crippen molar-refractivity contribution in [2.45, 2.75) is 11.8 Å². The number of halogens is 1. The number of carbonyl (C=O) groups excluding carboxylic acids is 1. The van der Waals surface area contributed by atoms with Crippen molar-refractivity contribution in [2.75, 3.05) is 16.2 Å². The van der Waals surface area contributed by atoms with E-state index in [9.17, 15) is 17.6 Å². The van der Waals surface area contributed by atoms with Crippen LogP contribution in [0.3, 0.4) is 0 Å². The van der Waals surface area contributed by atoms with Crippen molar-refractivity contribution in [3.05, 3.63) is 102 Å². The maximum Gasteiger partial charge on any atom is 0.264 e. The lowest BCUT2D eigenvalue weighted by atomic mass is 10.1. The molecule has 0 aromatic heterocycles. The fourth-order valence-electron chi connectivity index (χ4n) is 3.41. The number of hydrogen-bond acceptors (Lipinski definition) is 3. The molecule has 0 atom stereocenters. The molecule has 0 saturated carbocycles. The smallest absolute Gasteiger partial charge is 0.264 e. The molecule has 0 bridgehead atoms. The number of anilines is 2. The summed E-state index contributed by atoms with van der Waals surface area (Å²) < 4.78 is 41.2. The van der Waals surface area contributed by atoms with Crippen molar-refractivity contribution in [3.63, 3.8) is 0 Å². The van der Waals surface area contributed by atoms with E-state index in [-0.39, 0.29) is 10.6 Å². The van der Waals surface area contributed by atoms with Gasteiger partial charge in [0, 0.05) is 11.1 Å². The molecular weight excluding hydrogens is 427 g/mol. The van der Waals surface area contributed by atoms with Crippen LogP contribution in [-0.4, -0.2) is 20.9 Å². The highest BCUT2D eigenvalue weighted by molar-refractivity contribution is 7.92. The highest BCUT2D eigenvalue weighted by Gasteiger charge is 2.27. The predicted octanol–water partition coefficient (Wildman–Crippen LogP) is 5.12. The molecule has 0 spiro atoms. The van der Waals surface area contributed by atoms with Gasteiger partial charge in [-0.2, -0.15) is 0 Å². The predicted molar refractivity (Wildman–Crippen MR) is 125 cm³/mol. The molecule has 162 valence electrons. The number of benzene rings is 4. The third-order valence-electron chi connectivity index (χ3n) is 5.07. The second-order valence-corrected chi connectivity index (χ2v) is 9.24. The Morgan fingerprint density at radius 3 is 2.25 bits per heavy atom. The quantitative estimate of drug-likeness (QED) is 0.445. The van der Waals surface area contributed by atoms with E-state index in [1.807, 2.05) is 43.3 Å². The van der Waals surface area contributed by atoms with Gasteiger partial charge in [0.15, 0.2) is 0 Å². The Hall–Kier alpha value is -3.71. The largest absolute Gasteiger partial charge is 0.324 e. The minimum atomic E-state index is -4.06. The maximum absolute atomic E-state index is 13.5. The van der Waals surface area contributed by atoms with E-state index in [0.717, 1.165) is 32.8 Å². The van der Waals surface area contributed by atoms with E-state index in [2.05, 4.69) is 5.32 Å². The van der Waals surface area contributed by atoms with Crippen molar-refractivity contribution >= 4 is 38.1 Å². The van der Waals surface area contributed by atoms with Gasteiger partial charge in [-0.25, -0.2) is 12.8 Å². The fourth-order valence-corrected chi connectivity index (χ4v) is 4.84. The van der Waals surface area contributed by atoms with Crippen LogP contribution in [0.4, 0.5) is 15.8 Å². The summed E-state index contributed by atoms with van der Waals surface area (Å²) in [5.74, 6) is -1.01. The molecule has 0 aliphatic heterocycles. The first-order valence-corrected chi connectivity index (χ1v) is 11.4. The molecule has 4 aromatic carbocycles. The Morgan fingerprint density at radius 1 is 0.875 bits per heavy atom. The monoisotopic (exact) mass is 448 g/mol. The SMILES string of the molecule is Cc1ccc(S(=O)(=O)N(CC(=O)Nc2cccc3ccccc23)c2ccc(F)cc2)cc1. The number of nitrogens with one attached hydrogen (secondary N) is 1. The van der Waals surface area contributed by atoms with Crippen molar-refractivity contribution in [1.29, 1.82) is 0 Å². The highest BCUT2D eigenvalue weighted by Crippen LogP contribution is 2.26. The van der Waals surface area contributed by atoms with Crippen molar-refractivity contribution in [3.8, 4) is 0 Å². The summed E-state index contributed by atoms with van der Waals surface area (Å²) in [5, 5.41) is 4.61. The molecular formula is C25H21FN2O3S. The molecule has 0 saturated heterocycles. The maximum atomic E-state index is 13.5. The highest BCUT2D eigenvalue weighted by atomic mass is 32.2. The minimum Gasteiger partial charge on any atom is -0.324 e. The Kier molecular flexibility index (Phi) is 5.92. The summed E-state index contributed by atoms with van der Waals surface area (Å²) >= 11 is 0. The van der Waals surface area contributed by atoms with Crippen LogP contribution in [0.1, 0.15) is 5.56 Å². The fraction of sp³-hybridized carbons (Fsp3) is 0.0800. The van der Waals surface area contributed by atoms with Crippen LogP contribution in [0.15, 0.2) is 95.9 Å². The number of hydrogen-bond donors (Lipinski definition) is 1. The van der Waals surface area contributed by atoms with Gasteiger partial charge < -0.3 is 5.32 Å². The minimum absolute atomic E-state index is 0.0467. The van der Waals surface area contributed by atoms with E-state index in [4.69, 9.17) is 0 Å². The van der Waals surface area contributed by atoms with Crippen LogP contribution in [0.25, 0.3) is 10.8 Å². The normalized spacial score (nSPS) is 11.3. The number of carbonyl (C=O) groups is 1. The van der Waals surface area contributed by atoms with Crippen LogP contribution in [0, 0.1) is 12.7 Å². The molecule has 0 radical (unpaired) electrons. The molecule has 4 rings (SSSR count). The topological polar surface area (TPSA) is 66.5 Å². The number of fused-ring (bicyclic) bond motifs is 1. The van der Waals surface area contributed by atoms with Gasteiger partial charge in [0.25, 0.3) is 10.0 Å². The van der Waals surface area contributed by atoms with Crippen molar-refractivity contribution in [2.24, 2.45) is 0 Å². The average molecular weight is 449 g/mol. The summed E-state index contributed by atoms with van der Waals surface area (Å²) in [7, 11) is -4.06. The summed E-state index contributed by atoms with van der Waals surface area (Å²) in [6.45, 7) is 1.39. The molecule has 1 N–H and O–H groups in total. The van der Waals surface area contributed by atoms with Gasteiger partial charge in [0.05, 0.1) is 10.6 Å². The third kappa shape index (κ3) is 4.48. The van der Waals surface area contributed by atoms with Gasteiger partial charge >= 0.3 is 0 Å². The lowest BCUT2D eigenvalue weighted by Gasteiger charge is -2.24. The molecule has 32 heavy (non-hydrogen) atoms. The number of amides is 1. The molecule has 0 aliphatic carbocycles. The van der Waals surface area contributed by atoms with Crippen LogP contribution < -0.4 is 9.62 Å². The van der Waals surface area contributed by atoms with Gasteiger partial charge in [-0.1, -0.05) is 54.1 Å².